The average Bonchev–Trinajstić information content (AvgIpc) is 3.15. The number of aromatic nitrogens is 2. The fourth-order valence-corrected chi connectivity index (χ4v) is 4.80. The van der Waals surface area contributed by atoms with Gasteiger partial charge >= 0.3 is 0 Å². The third kappa shape index (κ3) is 2.88. The molecule has 5 nitrogen and oxygen atoms in total. The molecule has 0 radical (unpaired) electrons. The second kappa shape index (κ2) is 6.43. The second-order valence-electron chi connectivity index (χ2n) is 7.37. The first-order chi connectivity index (χ1) is 12.4. The number of carbonyl (C=O) groups excluding carboxylic acids is 1. The molecular weight excluding hydrogens is 344 g/mol. The van der Waals surface area contributed by atoms with Crippen molar-refractivity contribution in [2.75, 3.05) is 5.73 Å². The van der Waals surface area contributed by atoms with Crippen molar-refractivity contribution in [3.8, 4) is 0 Å². The molecular formula is C20H24N4OS. The van der Waals surface area contributed by atoms with Crippen molar-refractivity contribution in [2.45, 2.75) is 45.1 Å². The zero-order valence-electron chi connectivity index (χ0n) is 15.4. The van der Waals surface area contributed by atoms with Crippen molar-refractivity contribution < 1.29 is 4.79 Å². The minimum absolute atomic E-state index is 0.00409. The van der Waals surface area contributed by atoms with Crippen LogP contribution >= 0.6 is 11.3 Å². The van der Waals surface area contributed by atoms with E-state index in [1.807, 2.05) is 29.9 Å². The maximum atomic E-state index is 12.9. The van der Waals surface area contributed by atoms with Crippen molar-refractivity contribution >= 4 is 33.1 Å². The van der Waals surface area contributed by atoms with Gasteiger partial charge in [0.2, 0.25) is 0 Å². The van der Waals surface area contributed by atoms with Crippen molar-refractivity contribution in [1.29, 1.82) is 0 Å². The quantitative estimate of drug-likeness (QED) is 0.682. The van der Waals surface area contributed by atoms with E-state index >= 15 is 0 Å². The van der Waals surface area contributed by atoms with E-state index in [1.165, 1.54) is 22.5 Å². The van der Waals surface area contributed by atoms with Crippen LogP contribution in [0.4, 0.5) is 5.69 Å². The van der Waals surface area contributed by atoms with E-state index in [2.05, 4.69) is 30.3 Å². The van der Waals surface area contributed by atoms with E-state index in [1.54, 1.807) is 0 Å². The van der Waals surface area contributed by atoms with Gasteiger partial charge in [0.25, 0.3) is 5.91 Å². The van der Waals surface area contributed by atoms with E-state index in [0.29, 0.717) is 5.92 Å². The number of nitrogens with one attached hydrogen (secondary N) is 1. The Labute approximate surface area is 157 Å². The summed E-state index contributed by atoms with van der Waals surface area (Å²) in [6, 6.07) is 8.06. The number of nitrogens with two attached hydrogens (primary N) is 1. The normalized spacial score (nSPS) is 16.8. The fraction of sp³-hybridized carbons (Fsp3) is 0.400. The van der Waals surface area contributed by atoms with Crippen LogP contribution in [0.3, 0.4) is 0 Å². The number of anilines is 1. The van der Waals surface area contributed by atoms with Gasteiger partial charge < -0.3 is 11.1 Å². The predicted molar refractivity (Wildman–Crippen MR) is 107 cm³/mol. The topological polar surface area (TPSA) is 72.9 Å². The van der Waals surface area contributed by atoms with Gasteiger partial charge in [0, 0.05) is 18.1 Å². The first kappa shape index (κ1) is 17.1. The monoisotopic (exact) mass is 368 g/mol. The highest BCUT2D eigenvalue weighted by Crippen LogP contribution is 2.34. The van der Waals surface area contributed by atoms with Crippen LogP contribution in [-0.4, -0.2) is 15.7 Å². The Kier molecular flexibility index (Phi) is 4.23. The van der Waals surface area contributed by atoms with Gasteiger partial charge in [0.15, 0.2) is 0 Å². The fourth-order valence-electron chi connectivity index (χ4n) is 3.82. The first-order valence-corrected chi connectivity index (χ1v) is 9.91. The van der Waals surface area contributed by atoms with Gasteiger partial charge in [-0.1, -0.05) is 19.9 Å². The van der Waals surface area contributed by atoms with Crippen LogP contribution in [-0.2, 0) is 13.5 Å². The Morgan fingerprint density at radius 2 is 2.19 bits per heavy atom. The zero-order valence-corrected chi connectivity index (χ0v) is 16.2. The lowest BCUT2D eigenvalue weighted by molar-refractivity contribution is 0.0937. The standard InChI is InChI=1S/C20H24N4OS/c1-11(2)18-15-10-17(26-20(15)24(3)23-18)19(25)22-16-6-4-5-12-9-13(21)7-8-14(12)16/h7-11,16H,4-6,21H2,1-3H3,(H,22,25). The number of thiophene rings is 1. The first-order valence-electron chi connectivity index (χ1n) is 9.09. The van der Waals surface area contributed by atoms with E-state index in [0.717, 1.165) is 45.7 Å². The number of carbonyl (C=O) groups is 1. The Hall–Kier alpha value is -2.34. The molecule has 136 valence electrons. The number of fused-ring (bicyclic) bond motifs is 2. The number of rotatable bonds is 3. The van der Waals surface area contributed by atoms with Crippen LogP contribution in [0, 0.1) is 0 Å². The molecule has 2 heterocycles. The maximum absolute atomic E-state index is 12.9. The molecule has 0 saturated heterocycles. The molecule has 1 amide bonds. The molecule has 1 aliphatic carbocycles. The van der Waals surface area contributed by atoms with E-state index in [4.69, 9.17) is 5.73 Å². The van der Waals surface area contributed by atoms with Gasteiger partial charge in [-0.2, -0.15) is 5.10 Å². The molecule has 1 aromatic carbocycles. The lowest BCUT2D eigenvalue weighted by atomic mass is 9.87. The van der Waals surface area contributed by atoms with Crippen LogP contribution in [0.15, 0.2) is 24.3 Å². The smallest absolute Gasteiger partial charge is 0.261 e. The van der Waals surface area contributed by atoms with Crippen molar-refractivity contribution in [1.82, 2.24) is 15.1 Å². The minimum atomic E-state index is -0.00409. The summed E-state index contributed by atoms with van der Waals surface area (Å²) in [5.41, 5.74) is 10.2. The molecule has 0 bridgehead atoms. The lowest BCUT2D eigenvalue weighted by Gasteiger charge is -2.26. The van der Waals surface area contributed by atoms with Gasteiger partial charge in [-0.05, 0) is 54.5 Å². The Morgan fingerprint density at radius 1 is 1.38 bits per heavy atom. The number of hydrogen-bond donors (Lipinski definition) is 2. The summed E-state index contributed by atoms with van der Waals surface area (Å²) in [6.07, 6.45) is 3.06. The van der Waals surface area contributed by atoms with Gasteiger partial charge in [-0.25, -0.2) is 0 Å². The van der Waals surface area contributed by atoms with Gasteiger partial charge in [0.05, 0.1) is 16.6 Å². The number of benzene rings is 1. The van der Waals surface area contributed by atoms with E-state index in [9.17, 15) is 4.79 Å². The number of aryl methyl sites for hydroxylation is 2. The molecule has 0 spiro atoms. The summed E-state index contributed by atoms with van der Waals surface area (Å²) in [5.74, 6) is 0.329. The summed E-state index contributed by atoms with van der Waals surface area (Å²) in [6.45, 7) is 4.26. The number of hydrogen-bond acceptors (Lipinski definition) is 4. The molecule has 3 N–H and O–H groups in total. The third-order valence-corrected chi connectivity index (χ3v) is 6.30. The summed E-state index contributed by atoms with van der Waals surface area (Å²) >= 11 is 1.51. The number of nitrogens with zero attached hydrogens (tertiary/aromatic N) is 2. The lowest BCUT2D eigenvalue weighted by Crippen LogP contribution is -2.30. The molecule has 6 heteroatoms. The molecule has 1 atom stereocenters. The maximum Gasteiger partial charge on any atom is 0.261 e. The van der Waals surface area contributed by atoms with Gasteiger partial charge in [-0.15, -0.1) is 11.3 Å². The molecule has 26 heavy (non-hydrogen) atoms. The Morgan fingerprint density at radius 3 is 2.96 bits per heavy atom. The molecule has 1 aliphatic rings. The van der Waals surface area contributed by atoms with Crippen LogP contribution in [0.2, 0.25) is 0 Å². The summed E-state index contributed by atoms with van der Waals surface area (Å²) < 4.78 is 1.88. The third-order valence-electron chi connectivity index (χ3n) is 5.10. The molecule has 2 aromatic heterocycles. The summed E-state index contributed by atoms with van der Waals surface area (Å²) in [4.78, 5) is 14.7. The minimum Gasteiger partial charge on any atom is -0.399 e. The number of amides is 1. The van der Waals surface area contributed by atoms with Crippen LogP contribution in [0.5, 0.6) is 0 Å². The van der Waals surface area contributed by atoms with Crippen LogP contribution in [0.25, 0.3) is 10.2 Å². The highest BCUT2D eigenvalue weighted by molar-refractivity contribution is 7.20. The average molecular weight is 369 g/mol. The molecule has 0 aliphatic heterocycles. The molecule has 4 rings (SSSR count). The second-order valence-corrected chi connectivity index (χ2v) is 8.40. The largest absolute Gasteiger partial charge is 0.399 e. The summed E-state index contributed by atoms with van der Waals surface area (Å²) in [5, 5.41) is 8.91. The van der Waals surface area contributed by atoms with Crippen LogP contribution < -0.4 is 11.1 Å². The van der Waals surface area contributed by atoms with E-state index < -0.39 is 0 Å². The van der Waals surface area contributed by atoms with Crippen molar-refractivity contribution in [2.24, 2.45) is 7.05 Å². The molecule has 3 aromatic rings. The van der Waals surface area contributed by atoms with Crippen molar-refractivity contribution in [3.05, 3.63) is 46.0 Å². The zero-order chi connectivity index (χ0) is 18.4. The van der Waals surface area contributed by atoms with Crippen molar-refractivity contribution in [3.63, 3.8) is 0 Å². The number of nitrogen functional groups attached to an aromatic ring is 1. The molecule has 1 unspecified atom stereocenters. The SMILES string of the molecule is CC(C)c1nn(C)c2sc(C(=O)NC3CCCc4cc(N)ccc43)cc12. The molecule has 0 fully saturated rings. The van der Waals surface area contributed by atoms with Gasteiger partial charge in [-0.3, -0.25) is 9.48 Å². The highest BCUT2D eigenvalue weighted by atomic mass is 32.1. The Balaban J connectivity index is 1.62. The van der Waals surface area contributed by atoms with E-state index in [-0.39, 0.29) is 11.9 Å². The summed E-state index contributed by atoms with van der Waals surface area (Å²) in [7, 11) is 1.94. The molecule has 0 saturated carbocycles. The Bertz CT molecular complexity index is 985. The predicted octanol–water partition coefficient (Wildman–Crippen LogP) is 4.15. The highest BCUT2D eigenvalue weighted by Gasteiger charge is 2.24. The van der Waals surface area contributed by atoms with Crippen LogP contribution in [0.1, 0.15) is 65.1 Å². The van der Waals surface area contributed by atoms with Gasteiger partial charge in [0.1, 0.15) is 4.83 Å².